The van der Waals surface area contributed by atoms with Gasteiger partial charge in [0.1, 0.15) is 5.84 Å². The third-order valence-electron chi connectivity index (χ3n) is 1.98. The van der Waals surface area contributed by atoms with Crippen molar-refractivity contribution in [1.29, 1.82) is 0 Å². The van der Waals surface area contributed by atoms with Crippen LogP contribution in [0, 0.1) is 0 Å². The molecule has 17 heavy (non-hydrogen) atoms. The fraction of sp³-hybridized carbons (Fsp3) is 0.273. The molecule has 0 radical (unpaired) electrons. The number of halogens is 3. The second-order valence-electron chi connectivity index (χ2n) is 3.20. The van der Waals surface area contributed by atoms with Crippen molar-refractivity contribution in [2.75, 3.05) is 19.4 Å². The molecule has 0 saturated carbocycles. The van der Waals surface area contributed by atoms with E-state index >= 15 is 0 Å². The van der Waals surface area contributed by atoms with Crippen molar-refractivity contribution in [1.82, 2.24) is 0 Å². The van der Waals surface area contributed by atoms with Gasteiger partial charge in [-0.2, -0.15) is 13.2 Å². The highest BCUT2D eigenvalue weighted by molar-refractivity contribution is 6.34. The predicted octanol–water partition coefficient (Wildman–Crippen LogP) is 2.85. The molecule has 0 spiro atoms. The minimum Gasteiger partial charge on any atom is -0.339 e. The largest absolute Gasteiger partial charge is 0.416 e. The molecule has 0 atom stereocenters. The first-order valence-electron chi connectivity index (χ1n) is 4.80. The minimum atomic E-state index is -4.31. The second kappa shape index (κ2) is 5.47. The molecule has 92 valence electrons. The van der Waals surface area contributed by atoms with Crippen LogP contribution in [0.15, 0.2) is 34.3 Å². The lowest BCUT2D eigenvalue weighted by Gasteiger charge is -2.08. The molecule has 0 aliphatic carbocycles. The van der Waals surface area contributed by atoms with Crippen molar-refractivity contribution in [2.24, 2.45) is 9.98 Å². The van der Waals surface area contributed by atoms with E-state index in [4.69, 9.17) is 0 Å². The van der Waals surface area contributed by atoms with Crippen LogP contribution < -0.4 is 5.32 Å². The zero-order valence-corrected chi connectivity index (χ0v) is 9.42. The first-order chi connectivity index (χ1) is 7.97. The first kappa shape index (κ1) is 13.2. The van der Waals surface area contributed by atoms with E-state index in [-0.39, 0.29) is 0 Å². The van der Waals surface area contributed by atoms with Gasteiger partial charge in [0.25, 0.3) is 0 Å². The number of hydrogen-bond acceptors (Lipinski definition) is 2. The fourth-order valence-corrected chi connectivity index (χ4v) is 1.16. The highest BCUT2D eigenvalue weighted by atomic mass is 19.4. The van der Waals surface area contributed by atoms with Gasteiger partial charge >= 0.3 is 6.18 Å². The van der Waals surface area contributed by atoms with E-state index in [0.29, 0.717) is 11.5 Å². The van der Waals surface area contributed by atoms with Crippen LogP contribution >= 0.6 is 0 Å². The summed E-state index contributed by atoms with van der Waals surface area (Å²) < 4.78 is 36.9. The molecule has 1 aromatic carbocycles. The molecule has 1 aromatic rings. The van der Waals surface area contributed by atoms with Crippen LogP contribution in [0.1, 0.15) is 5.56 Å². The van der Waals surface area contributed by atoms with Gasteiger partial charge in [0.2, 0.25) is 0 Å². The van der Waals surface area contributed by atoms with Crippen molar-refractivity contribution in [3.05, 3.63) is 29.8 Å². The third kappa shape index (κ3) is 3.90. The maximum Gasteiger partial charge on any atom is 0.416 e. The molecule has 0 aliphatic rings. The number of hydrogen-bond donors (Lipinski definition) is 1. The Morgan fingerprint density at radius 3 is 2.18 bits per heavy atom. The third-order valence-corrected chi connectivity index (χ3v) is 1.98. The van der Waals surface area contributed by atoms with Crippen LogP contribution in [0.5, 0.6) is 0 Å². The molecule has 1 N–H and O–H groups in total. The molecular formula is C11H12F3N3. The van der Waals surface area contributed by atoms with E-state index in [1.54, 1.807) is 14.1 Å². The number of aliphatic imine (C=N–C) groups is 2. The number of nitrogens with zero attached hydrogens (tertiary/aromatic N) is 2. The summed E-state index contributed by atoms with van der Waals surface area (Å²) in [5.74, 6) is 0.479. The van der Waals surface area contributed by atoms with E-state index in [2.05, 4.69) is 15.3 Å². The molecule has 0 aromatic heterocycles. The molecule has 0 bridgehead atoms. The van der Waals surface area contributed by atoms with Gasteiger partial charge in [0, 0.05) is 19.8 Å². The Hall–Kier alpha value is -1.85. The average molecular weight is 243 g/mol. The standard InChI is InChI=1S/C11H12F3N3/c1-15-7-10(16-2)17-9-5-3-8(4-6-9)11(12,13)14/h3-7H,1-2H3,(H,16,17). The number of rotatable bonds is 2. The van der Waals surface area contributed by atoms with E-state index in [9.17, 15) is 13.2 Å². The van der Waals surface area contributed by atoms with Crippen molar-refractivity contribution < 1.29 is 13.2 Å². The van der Waals surface area contributed by atoms with Crippen LogP contribution in [0.4, 0.5) is 18.9 Å². The minimum absolute atomic E-state index is 0.479. The summed E-state index contributed by atoms with van der Waals surface area (Å²) >= 11 is 0. The monoisotopic (exact) mass is 243 g/mol. The number of benzene rings is 1. The van der Waals surface area contributed by atoms with E-state index in [1.807, 2.05) is 0 Å². The Balaban J connectivity index is 2.82. The topological polar surface area (TPSA) is 36.8 Å². The highest BCUT2D eigenvalue weighted by Crippen LogP contribution is 2.29. The summed E-state index contributed by atoms with van der Waals surface area (Å²) in [7, 11) is 3.15. The van der Waals surface area contributed by atoms with Gasteiger partial charge in [-0.05, 0) is 24.3 Å². The van der Waals surface area contributed by atoms with E-state index in [1.165, 1.54) is 18.3 Å². The molecule has 0 heterocycles. The quantitative estimate of drug-likeness (QED) is 0.629. The summed E-state index contributed by atoms with van der Waals surface area (Å²) in [6.45, 7) is 0. The maximum absolute atomic E-state index is 12.3. The van der Waals surface area contributed by atoms with Gasteiger partial charge in [-0.25, -0.2) is 0 Å². The van der Waals surface area contributed by atoms with Crippen LogP contribution in [-0.4, -0.2) is 26.1 Å². The van der Waals surface area contributed by atoms with E-state index < -0.39 is 11.7 Å². The van der Waals surface area contributed by atoms with Crippen LogP contribution in [0.3, 0.4) is 0 Å². The van der Waals surface area contributed by atoms with Crippen LogP contribution in [0.25, 0.3) is 0 Å². The van der Waals surface area contributed by atoms with Gasteiger partial charge < -0.3 is 5.32 Å². The van der Waals surface area contributed by atoms with Crippen molar-refractivity contribution >= 4 is 17.7 Å². The Bertz CT molecular complexity index is 419. The molecule has 0 saturated heterocycles. The molecule has 0 unspecified atom stereocenters. The summed E-state index contributed by atoms with van der Waals surface area (Å²) in [5, 5.41) is 2.84. The van der Waals surface area contributed by atoms with Crippen molar-refractivity contribution in [2.45, 2.75) is 6.18 Å². The normalized spacial score (nSPS) is 13.1. The molecule has 0 aliphatic heterocycles. The number of nitrogens with one attached hydrogen (secondary N) is 1. The van der Waals surface area contributed by atoms with Crippen LogP contribution in [0.2, 0.25) is 0 Å². The van der Waals surface area contributed by atoms with Crippen molar-refractivity contribution in [3.8, 4) is 0 Å². The van der Waals surface area contributed by atoms with Gasteiger partial charge in [-0.15, -0.1) is 0 Å². The Morgan fingerprint density at radius 2 is 1.76 bits per heavy atom. The molecule has 0 amide bonds. The molecule has 6 heteroatoms. The lowest BCUT2D eigenvalue weighted by molar-refractivity contribution is -0.137. The lowest BCUT2D eigenvalue weighted by Crippen LogP contribution is -2.13. The summed E-state index contributed by atoms with van der Waals surface area (Å²) in [5.41, 5.74) is -0.152. The molecular weight excluding hydrogens is 231 g/mol. The number of anilines is 1. The lowest BCUT2D eigenvalue weighted by atomic mass is 10.2. The van der Waals surface area contributed by atoms with Gasteiger partial charge in [0.05, 0.1) is 11.8 Å². The average Bonchev–Trinajstić information content (AvgIpc) is 2.28. The number of alkyl halides is 3. The summed E-state index contributed by atoms with van der Waals surface area (Å²) in [6, 6.07) is 4.71. The molecule has 0 fully saturated rings. The Kier molecular flexibility index (Phi) is 4.25. The second-order valence-corrected chi connectivity index (χ2v) is 3.20. The summed E-state index contributed by atoms with van der Waals surface area (Å²) in [6.07, 6.45) is -2.83. The smallest absolute Gasteiger partial charge is 0.339 e. The maximum atomic E-state index is 12.3. The van der Waals surface area contributed by atoms with Crippen LogP contribution in [-0.2, 0) is 6.18 Å². The van der Waals surface area contributed by atoms with Crippen molar-refractivity contribution in [3.63, 3.8) is 0 Å². The SMILES string of the molecule is CN=CC(=NC)Nc1ccc(C(F)(F)F)cc1. The molecule has 3 nitrogen and oxygen atoms in total. The zero-order chi connectivity index (χ0) is 12.9. The Morgan fingerprint density at radius 1 is 1.18 bits per heavy atom. The molecule has 1 rings (SSSR count). The van der Waals surface area contributed by atoms with Gasteiger partial charge in [-0.3, -0.25) is 9.98 Å². The number of amidine groups is 1. The van der Waals surface area contributed by atoms with Gasteiger partial charge in [-0.1, -0.05) is 0 Å². The zero-order valence-electron chi connectivity index (χ0n) is 9.42. The first-order valence-corrected chi connectivity index (χ1v) is 4.80. The highest BCUT2D eigenvalue weighted by Gasteiger charge is 2.29. The van der Waals surface area contributed by atoms with Gasteiger partial charge in [0.15, 0.2) is 0 Å². The van der Waals surface area contributed by atoms with E-state index in [0.717, 1.165) is 12.1 Å². The predicted molar refractivity (Wildman–Crippen MR) is 62.8 cm³/mol. The Labute approximate surface area is 97.1 Å². The summed E-state index contributed by atoms with van der Waals surface area (Å²) in [4.78, 5) is 7.64. The fourth-order valence-electron chi connectivity index (χ4n) is 1.16.